The lowest BCUT2D eigenvalue weighted by Crippen LogP contribution is -2.52. The third-order valence-corrected chi connectivity index (χ3v) is 8.13. The fourth-order valence-corrected chi connectivity index (χ4v) is 6.57. The molecule has 1 N–H and O–H groups in total. The van der Waals surface area contributed by atoms with Crippen molar-refractivity contribution in [1.82, 2.24) is 0 Å². The molecule has 0 spiro atoms. The Morgan fingerprint density at radius 3 is 2.86 bits per heavy atom. The molecule has 0 heterocycles. The number of carbonyl (C=O) groups is 1. The molecule has 0 aromatic carbocycles. The summed E-state index contributed by atoms with van der Waals surface area (Å²) in [6.45, 7) is 2.30. The Kier molecular flexibility index (Phi) is 3.65. The molecule has 6 atom stereocenters. The van der Waals surface area contributed by atoms with Crippen LogP contribution in [0.2, 0.25) is 0 Å². The fraction of sp³-hybridized carbons (Fsp3) is 0.737. The summed E-state index contributed by atoms with van der Waals surface area (Å²) in [5, 5.41) is 10.6. The second-order valence-corrected chi connectivity index (χ2v) is 8.82. The molecule has 0 aliphatic heterocycles. The molecule has 0 amide bonds. The van der Waals surface area contributed by atoms with Gasteiger partial charge in [0.05, 0.1) is 10.6 Å². The standard InChI is InChI=1S/C19H25BrO2/c1-19-10-9-12-11-7-8-16(21)18(20)14(11)6-5-13(12)15(19)3-2-4-17(19)22/h2-3,11-13,15,17,22H,4-10H2,1H3/t11-,12-,13-,15+,17+,19+/m1/s1. The minimum atomic E-state index is -0.181. The quantitative estimate of drug-likeness (QED) is 0.647. The van der Waals surface area contributed by atoms with Crippen LogP contribution in [0.5, 0.6) is 0 Å². The van der Waals surface area contributed by atoms with Gasteiger partial charge in [0.2, 0.25) is 0 Å². The first-order valence-electron chi connectivity index (χ1n) is 8.79. The number of fused-ring (bicyclic) bond motifs is 5. The number of ketones is 1. The molecule has 0 radical (unpaired) electrons. The normalized spacial score (nSPS) is 47.8. The molecule has 2 fully saturated rings. The van der Waals surface area contributed by atoms with E-state index in [0.717, 1.165) is 30.2 Å². The van der Waals surface area contributed by atoms with Gasteiger partial charge in [-0.2, -0.15) is 0 Å². The van der Waals surface area contributed by atoms with Crippen molar-refractivity contribution in [1.29, 1.82) is 0 Å². The predicted octanol–water partition coefficient (Wildman–Crippen LogP) is 4.38. The Labute approximate surface area is 141 Å². The molecule has 2 saturated carbocycles. The number of rotatable bonds is 0. The Morgan fingerprint density at radius 1 is 1.23 bits per heavy atom. The average molecular weight is 365 g/mol. The van der Waals surface area contributed by atoms with E-state index in [4.69, 9.17) is 0 Å². The first-order valence-corrected chi connectivity index (χ1v) is 9.58. The van der Waals surface area contributed by atoms with E-state index in [0.29, 0.717) is 35.9 Å². The van der Waals surface area contributed by atoms with Crippen molar-refractivity contribution >= 4 is 21.7 Å². The van der Waals surface area contributed by atoms with Crippen molar-refractivity contribution in [2.75, 3.05) is 0 Å². The summed E-state index contributed by atoms with van der Waals surface area (Å²) in [4.78, 5) is 12.0. The SMILES string of the molecule is C[C@]12CC[C@H]3[C@@H](CCC4=C(Br)C(=O)CC[C@@H]43)[C@@H]1C=CC[C@@H]2O. The van der Waals surface area contributed by atoms with E-state index in [2.05, 4.69) is 35.0 Å². The number of allylic oxidation sites excluding steroid dienone is 3. The maximum absolute atomic E-state index is 12.0. The van der Waals surface area contributed by atoms with E-state index in [9.17, 15) is 9.90 Å². The first-order chi connectivity index (χ1) is 10.5. The van der Waals surface area contributed by atoms with Gasteiger partial charge in [-0.3, -0.25) is 4.79 Å². The maximum Gasteiger partial charge on any atom is 0.169 e. The van der Waals surface area contributed by atoms with E-state index in [-0.39, 0.29) is 11.5 Å². The highest BCUT2D eigenvalue weighted by Crippen LogP contribution is 2.59. The van der Waals surface area contributed by atoms with Gasteiger partial charge in [-0.1, -0.05) is 19.1 Å². The van der Waals surface area contributed by atoms with Gasteiger partial charge in [0, 0.05) is 11.8 Å². The zero-order valence-electron chi connectivity index (χ0n) is 13.2. The van der Waals surface area contributed by atoms with Crippen LogP contribution in [0.25, 0.3) is 0 Å². The minimum absolute atomic E-state index is 0.0683. The zero-order chi connectivity index (χ0) is 15.5. The van der Waals surface area contributed by atoms with Gasteiger partial charge >= 0.3 is 0 Å². The van der Waals surface area contributed by atoms with E-state index in [1.54, 1.807) is 0 Å². The lowest BCUT2D eigenvalue weighted by Gasteiger charge is -2.56. The second-order valence-electron chi connectivity index (χ2n) is 8.02. The first kappa shape index (κ1) is 15.1. The molecule has 22 heavy (non-hydrogen) atoms. The third-order valence-electron chi connectivity index (χ3n) is 7.17. The average Bonchev–Trinajstić information content (AvgIpc) is 2.51. The topological polar surface area (TPSA) is 37.3 Å². The largest absolute Gasteiger partial charge is 0.392 e. The molecule has 0 aromatic rings. The van der Waals surface area contributed by atoms with Gasteiger partial charge in [-0.15, -0.1) is 0 Å². The zero-order valence-corrected chi connectivity index (χ0v) is 14.8. The number of aliphatic hydroxyl groups is 1. The lowest BCUT2D eigenvalue weighted by atomic mass is 9.49. The van der Waals surface area contributed by atoms with Crippen molar-refractivity contribution in [3.8, 4) is 0 Å². The summed E-state index contributed by atoms with van der Waals surface area (Å²) in [5.74, 6) is 2.82. The molecule has 0 aromatic heterocycles. The molecule has 0 bridgehead atoms. The molecule has 4 aliphatic carbocycles. The molecule has 4 rings (SSSR count). The van der Waals surface area contributed by atoms with Crippen molar-refractivity contribution < 1.29 is 9.90 Å². The molecule has 2 nitrogen and oxygen atoms in total. The highest BCUT2D eigenvalue weighted by Gasteiger charge is 2.53. The lowest BCUT2D eigenvalue weighted by molar-refractivity contribution is -0.116. The summed E-state index contributed by atoms with van der Waals surface area (Å²) in [6.07, 6.45) is 11.6. The van der Waals surface area contributed by atoms with Gasteiger partial charge in [0.1, 0.15) is 0 Å². The van der Waals surface area contributed by atoms with Crippen molar-refractivity contribution in [3.05, 3.63) is 22.2 Å². The summed E-state index contributed by atoms with van der Waals surface area (Å²) in [7, 11) is 0. The van der Waals surface area contributed by atoms with Crippen LogP contribution < -0.4 is 0 Å². The Morgan fingerprint density at radius 2 is 2.05 bits per heavy atom. The molecule has 120 valence electrons. The molecule has 4 aliphatic rings. The number of hydrogen-bond donors (Lipinski definition) is 1. The van der Waals surface area contributed by atoms with Crippen molar-refractivity contribution in [3.63, 3.8) is 0 Å². The van der Waals surface area contributed by atoms with Crippen LogP contribution in [0, 0.1) is 29.1 Å². The van der Waals surface area contributed by atoms with Crippen molar-refractivity contribution in [2.24, 2.45) is 29.1 Å². The minimum Gasteiger partial charge on any atom is -0.392 e. The predicted molar refractivity (Wildman–Crippen MR) is 90.5 cm³/mol. The molecular weight excluding hydrogens is 340 g/mol. The molecule has 3 heteroatoms. The molecule has 0 unspecified atom stereocenters. The Bertz CT molecular complexity index is 564. The summed E-state index contributed by atoms with van der Waals surface area (Å²) >= 11 is 3.58. The van der Waals surface area contributed by atoms with Gasteiger partial charge in [0.25, 0.3) is 0 Å². The maximum atomic E-state index is 12.0. The van der Waals surface area contributed by atoms with Crippen LogP contribution in [0.4, 0.5) is 0 Å². The van der Waals surface area contributed by atoms with E-state index in [1.165, 1.54) is 18.4 Å². The summed E-state index contributed by atoms with van der Waals surface area (Å²) in [6, 6.07) is 0. The molecule has 0 saturated heterocycles. The number of aliphatic hydroxyl groups excluding tert-OH is 1. The number of hydrogen-bond acceptors (Lipinski definition) is 2. The highest BCUT2D eigenvalue weighted by atomic mass is 79.9. The third kappa shape index (κ3) is 2.04. The van der Waals surface area contributed by atoms with Crippen molar-refractivity contribution in [2.45, 2.75) is 58.0 Å². The summed E-state index contributed by atoms with van der Waals surface area (Å²) in [5.41, 5.74) is 1.47. The molecular formula is C19H25BrO2. The number of halogens is 1. The van der Waals surface area contributed by atoms with Gasteiger partial charge in [-0.25, -0.2) is 0 Å². The smallest absolute Gasteiger partial charge is 0.169 e. The van der Waals surface area contributed by atoms with E-state index in [1.807, 2.05) is 0 Å². The Hall–Kier alpha value is -0.410. The van der Waals surface area contributed by atoms with Crippen LogP contribution in [0.15, 0.2) is 22.2 Å². The number of carbonyl (C=O) groups excluding carboxylic acids is 1. The van der Waals surface area contributed by atoms with Crippen LogP contribution in [-0.4, -0.2) is 17.0 Å². The monoisotopic (exact) mass is 364 g/mol. The second kappa shape index (κ2) is 5.31. The summed E-state index contributed by atoms with van der Waals surface area (Å²) < 4.78 is 0.898. The van der Waals surface area contributed by atoms with Gasteiger partial charge in [0.15, 0.2) is 5.78 Å². The van der Waals surface area contributed by atoms with Crippen LogP contribution in [0.3, 0.4) is 0 Å². The van der Waals surface area contributed by atoms with Crippen LogP contribution in [-0.2, 0) is 4.79 Å². The highest BCUT2D eigenvalue weighted by molar-refractivity contribution is 9.12. The Balaban J connectivity index is 1.68. The van der Waals surface area contributed by atoms with Gasteiger partial charge in [-0.05, 0) is 83.7 Å². The van der Waals surface area contributed by atoms with E-state index < -0.39 is 0 Å². The van der Waals surface area contributed by atoms with Crippen LogP contribution >= 0.6 is 15.9 Å². The van der Waals surface area contributed by atoms with Crippen LogP contribution in [0.1, 0.15) is 51.9 Å². The number of Topliss-reactive ketones (excluding diaryl/α,β-unsaturated/α-hetero) is 1. The van der Waals surface area contributed by atoms with E-state index >= 15 is 0 Å². The van der Waals surface area contributed by atoms with Gasteiger partial charge < -0.3 is 5.11 Å². The fourth-order valence-electron chi connectivity index (χ4n) is 5.88.